The highest BCUT2D eigenvalue weighted by atomic mass is 16.5. The molecular weight excluding hydrogens is 238 g/mol. The van der Waals surface area contributed by atoms with E-state index in [2.05, 4.69) is 10.1 Å². The Hall–Kier alpha value is -1.68. The summed E-state index contributed by atoms with van der Waals surface area (Å²) in [5.74, 6) is 1.17. The van der Waals surface area contributed by atoms with Gasteiger partial charge >= 0.3 is 0 Å². The van der Waals surface area contributed by atoms with E-state index in [1.807, 2.05) is 58.9 Å². The Morgan fingerprint density at radius 3 is 2.16 bits per heavy atom. The van der Waals surface area contributed by atoms with Gasteiger partial charge in [0.05, 0.1) is 5.41 Å². The highest BCUT2D eigenvalue weighted by Gasteiger charge is 2.40. The third-order valence-electron chi connectivity index (χ3n) is 3.88. The van der Waals surface area contributed by atoms with E-state index in [-0.39, 0.29) is 5.41 Å². The number of nitrogens with two attached hydrogens (primary N) is 1. The molecule has 2 N–H and O–H groups in total. The monoisotopic (exact) mass is 259 g/mol. The van der Waals surface area contributed by atoms with E-state index in [0.717, 1.165) is 5.56 Å². The molecule has 2 rings (SSSR count). The van der Waals surface area contributed by atoms with Gasteiger partial charge in [0, 0.05) is 11.1 Å². The lowest BCUT2D eigenvalue weighted by Gasteiger charge is -2.34. The van der Waals surface area contributed by atoms with Crippen LogP contribution in [0.4, 0.5) is 0 Å². The highest BCUT2D eigenvalue weighted by molar-refractivity contribution is 5.54. The quantitative estimate of drug-likeness (QED) is 0.920. The number of rotatable bonds is 3. The molecule has 0 saturated heterocycles. The van der Waals surface area contributed by atoms with Crippen LogP contribution in [0.15, 0.2) is 28.8 Å². The SMILES string of the molecule is Cc1ccc(-c2noc(C(C)(C)C(C)(C)N)n2)cc1. The third kappa shape index (κ3) is 2.54. The Morgan fingerprint density at radius 2 is 1.63 bits per heavy atom. The maximum atomic E-state index is 6.19. The van der Waals surface area contributed by atoms with Gasteiger partial charge in [0.1, 0.15) is 0 Å². The molecule has 0 amide bonds. The number of benzene rings is 1. The Labute approximate surface area is 114 Å². The molecule has 0 radical (unpaired) electrons. The topological polar surface area (TPSA) is 64.9 Å². The van der Waals surface area contributed by atoms with Crippen molar-refractivity contribution in [3.8, 4) is 11.4 Å². The number of aryl methyl sites for hydroxylation is 1. The molecule has 0 aliphatic heterocycles. The molecule has 19 heavy (non-hydrogen) atoms. The Balaban J connectivity index is 2.37. The molecule has 0 atom stereocenters. The zero-order chi connectivity index (χ0) is 14.3. The van der Waals surface area contributed by atoms with Gasteiger partial charge in [-0.3, -0.25) is 0 Å². The zero-order valence-electron chi connectivity index (χ0n) is 12.2. The summed E-state index contributed by atoms with van der Waals surface area (Å²) in [7, 11) is 0. The average Bonchev–Trinajstić information content (AvgIpc) is 2.78. The molecule has 0 saturated carbocycles. The minimum absolute atomic E-state index is 0.386. The van der Waals surface area contributed by atoms with Gasteiger partial charge in [-0.1, -0.05) is 35.0 Å². The van der Waals surface area contributed by atoms with Crippen LogP contribution in [0.2, 0.25) is 0 Å². The van der Waals surface area contributed by atoms with Crippen LogP contribution in [-0.2, 0) is 5.41 Å². The van der Waals surface area contributed by atoms with E-state index in [0.29, 0.717) is 11.7 Å². The fourth-order valence-electron chi connectivity index (χ4n) is 1.57. The molecule has 4 nitrogen and oxygen atoms in total. The predicted octanol–water partition coefficient (Wildman–Crippen LogP) is 3.06. The second-order valence-corrected chi connectivity index (χ2v) is 6.14. The summed E-state index contributed by atoms with van der Waals surface area (Å²) in [4.78, 5) is 4.49. The van der Waals surface area contributed by atoms with Crippen LogP contribution in [0.3, 0.4) is 0 Å². The van der Waals surface area contributed by atoms with Crippen LogP contribution in [-0.4, -0.2) is 15.7 Å². The van der Waals surface area contributed by atoms with Crippen molar-refractivity contribution in [2.24, 2.45) is 5.73 Å². The van der Waals surface area contributed by atoms with Crippen molar-refractivity contribution in [2.75, 3.05) is 0 Å². The van der Waals surface area contributed by atoms with Crippen LogP contribution in [0.5, 0.6) is 0 Å². The second kappa shape index (κ2) is 4.46. The van der Waals surface area contributed by atoms with Gasteiger partial charge in [0.25, 0.3) is 0 Å². The summed E-state index contributed by atoms with van der Waals surface area (Å²) < 4.78 is 5.40. The van der Waals surface area contributed by atoms with Crippen molar-refractivity contribution < 1.29 is 4.52 Å². The van der Waals surface area contributed by atoms with Crippen LogP contribution < -0.4 is 5.73 Å². The molecule has 0 spiro atoms. The minimum atomic E-state index is -0.440. The molecule has 102 valence electrons. The first-order chi connectivity index (χ1) is 8.72. The van der Waals surface area contributed by atoms with E-state index in [9.17, 15) is 0 Å². The van der Waals surface area contributed by atoms with Gasteiger partial charge in [-0.2, -0.15) is 4.98 Å². The van der Waals surface area contributed by atoms with Crippen molar-refractivity contribution in [1.29, 1.82) is 0 Å². The van der Waals surface area contributed by atoms with Crippen molar-refractivity contribution in [2.45, 2.75) is 45.6 Å². The number of nitrogens with zero attached hydrogens (tertiary/aromatic N) is 2. The van der Waals surface area contributed by atoms with Gasteiger partial charge in [0.15, 0.2) is 0 Å². The summed E-state index contributed by atoms with van der Waals surface area (Å²) in [6.07, 6.45) is 0. The third-order valence-corrected chi connectivity index (χ3v) is 3.88. The van der Waals surface area contributed by atoms with E-state index in [4.69, 9.17) is 10.3 Å². The number of hydrogen-bond donors (Lipinski definition) is 1. The molecule has 0 bridgehead atoms. The van der Waals surface area contributed by atoms with Gasteiger partial charge in [-0.15, -0.1) is 0 Å². The Morgan fingerprint density at radius 1 is 1.05 bits per heavy atom. The molecular formula is C15H21N3O. The lowest BCUT2D eigenvalue weighted by molar-refractivity contribution is 0.223. The van der Waals surface area contributed by atoms with Crippen LogP contribution >= 0.6 is 0 Å². The van der Waals surface area contributed by atoms with Crippen molar-refractivity contribution in [3.63, 3.8) is 0 Å². The standard InChI is InChI=1S/C15H21N3O/c1-10-6-8-11(9-7-10)12-17-13(19-18-12)14(2,3)15(4,5)16/h6-9H,16H2,1-5H3. The predicted molar refractivity (Wildman–Crippen MR) is 75.8 cm³/mol. The molecule has 1 heterocycles. The fraction of sp³-hybridized carbons (Fsp3) is 0.467. The normalized spacial score (nSPS) is 12.7. The fourth-order valence-corrected chi connectivity index (χ4v) is 1.57. The number of aromatic nitrogens is 2. The van der Waals surface area contributed by atoms with Gasteiger partial charge in [-0.05, 0) is 34.6 Å². The maximum Gasteiger partial charge on any atom is 0.234 e. The van der Waals surface area contributed by atoms with Gasteiger partial charge in [-0.25, -0.2) is 0 Å². The molecule has 0 aliphatic rings. The minimum Gasteiger partial charge on any atom is -0.338 e. The molecule has 0 fully saturated rings. The van der Waals surface area contributed by atoms with Crippen LogP contribution in [0.25, 0.3) is 11.4 Å². The summed E-state index contributed by atoms with van der Waals surface area (Å²) in [5, 5.41) is 4.05. The molecule has 2 aromatic rings. The van der Waals surface area contributed by atoms with E-state index in [1.165, 1.54) is 5.56 Å². The number of hydrogen-bond acceptors (Lipinski definition) is 4. The second-order valence-electron chi connectivity index (χ2n) is 6.14. The molecule has 1 aromatic carbocycles. The van der Waals surface area contributed by atoms with Crippen LogP contribution in [0, 0.1) is 6.92 Å². The lowest BCUT2D eigenvalue weighted by Crippen LogP contribution is -2.50. The van der Waals surface area contributed by atoms with Crippen LogP contribution in [0.1, 0.15) is 39.1 Å². The Kier molecular flexibility index (Phi) is 3.22. The largest absolute Gasteiger partial charge is 0.338 e. The molecule has 4 heteroatoms. The van der Waals surface area contributed by atoms with Gasteiger partial charge < -0.3 is 10.3 Å². The first-order valence-corrected chi connectivity index (χ1v) is 6.42. The first-order valence-electron chi connectivity index (χ1n) is 6.42. The van der Waals surface area contributed by atoms with E-state index < -0.39 is 5.54 Å². The summed E-state index contributed by atoms with van der Waals surface area (Å²) >= 11 is 0. The lowest BCUT2D eigenvalue weighted by atomic mass is 9.75. The summed E-state index contributed by atoms with van der Waals surface area (Å²) in [6.45, 7) is 10.00. The summed E-state index contributed by atoms with van der Waals surface area (Å²) in [6, 6.07) is 8.04. The molecule has 0 aliphatic carbocycles. The smallest absolute Gasteiger partial charge is 0.234 e. The average molecular weight is 259 g/mol. The van der Waals surface area contributed by atoms with Gasteiger partial charge in [0.2, 0.25) is 11.7 Å². The van der Waals surface area contributed by atoms with Crippen molar-refractivity contribution in [1.82, 2.24) is 10.1 Å². The highest BCUT2D eigenvalue weighted by Crippen LogP contribution is 2.32. The molecule has 0 unspecified atom stereocenters. The van der Waals surface area contributed by atoms with Crippen molar-refractivity contribution >= 4 is 0 Å². The summed E-state index contributed by atoms with van der Waals surface area (Å²) in [5.41, 5.74) is 7.51. The maximum absolute atomic E-state index is 6.19. The van der Waals surface area contributed by atoms with E-state index in [1.54, 1.807) is 0 Å². The first kappa shape index (κ1) is 13.7. The van der Waals surface area contributed by atoms with E-state index >= 15 is 0 Å². The Bertz CT molecular complexity index is 562. The molecule has 1 aromatic heterocycles. The zero-order valence-corrected chi connectivity index (χ0v) is 12.2. The van der Waals surface area contributed by atoms with Crippen molar-refractivity contribution in [3.05, 3.63) is 35.7 Å².